The Morgan fingerprint density at radius 2 is 2.11 bits per heavy atom. The number of hydrogen-bond acceptors (Lipinski definition) is 2. The van der Waals surface area contributed by atoms with E-state index in [2.05, 4.69) is 18.3 Å². The van der Waals surface area contributed by atoms with Crippen LogP contribution in [0, 0.1) is 5.92 Å². The second kappa shape index (κ2) is 7.16. The van der Waals surface area contributed by atoms with E-state index in [0.717, 1.165) is 23.7 Å². The van der Waals surface area contributed by atoms with E-state index in [9.17, 15) is 0 Å². The summed E-state index contributed by atoms with van der Waals surface area (Å²) in [6.45, 7) is 3.09. The van der Waals surface area contributed by atoms with Crippen LogP contribution < -0.4 is 10.1 Å². The van der Waals surface area contributed by atoms with Gasteiger partial charge in [0.15, 0.2) is 0 Å². The molecule has 0 heterocycles. The third kappa shape index (κ3) is 3.87. The molecule has 1 aromatic carbocycles. The molecule has 0 saturated heterocycles. The van der Waals surface area contributed by atoms with Gasteiger partial charge in [0.05, 0.1) is 5.02 Å². The average Bonchev–Trinajstić information content (AvgIpc) is 2.43. The Morgan fingerprint density at radius 1 is 1.32 bits per heavy atom. The maximum absolute atomic E-state index is 6.32. The molecule has 106 valence electrons. The highest BCUT2D eigenvalue weighted by atomic mass is 35.5. The molecule has 0 aliphatic heterocycles. The average molecular weight is 282 g/mol. The van der Waals surface area contributed by atoms with Crippen molar-refractivity contribution < 1.29 is 4.74 Å². The van der Waals surface area contributed by atoms with Crippen LogP contribution in [0.2, 0.25) is 5.02 Å². The number of halogens is 1. The first-order valence-corrected chi connectivity index (χ1v) is 7.72. The molecule has 0 bridgehead atoms. The molecule has 2 nitrogen and oxygen atoms in total. The van der Waals surface area contributed by atoms with Gasteiger partial charge in [-0.2, -0.15) is 0 Å². The maximum Gasteiger partial charge on any atom is 0.138 e. The van der Waals surface area contributed by atoms with Crippen molar-refractivity contribution in [2.45, 2.75) is 51.7 Å². The third-order valence-corrected chi connectivity index (χ3v) is 4.31. The van der Waals surface area contributed by atoms with Crippen molar-refractivity contribution in [1.29, 1.82) is 0 Å². The van der Waals surface area contributed by atoms with Gasteiger partial charge in [0, 0.05) is 6.54 Å². The van der Waals surface area contributed by atoms with Crippen molar-refractivity contribution in [2.24, 2.45) is 5.92 Å². The molecule has 0 aromatic heterocycles. The summed E-state index contributed by atoms with van der Waals surface area (Å²) < 4.78 is 6.17. The highest BCUT2D eigenvalue weighted by Gasteiger charge is 2.25. The van der Waals surface area contributed by atoms with Gasteiger partial charge in [-0.05, 0) is 56.3 Å². The first-order chi connectivity index (χ1) is 9.24. The third-order valence-electron chi connectivity index (χ3n) is 4.02. The lowest BCUT2D eigenvalue weighted by Gasteiger charge is -2.31. The highest BCUT2D eigenvalue weighted by Crippen LogP contribution is 2.33. The number of hydrogen-bond donors (Lipinski definition) is 1. The van der Waals surface area contributed by atoms with Crippen LogP contribution in [-0.4, -0.2) is 13.2 Å². The van der Waals surface area contributed by atoms with Crippen molar-refractivity contribution >= 4 is 11.6 Å². The summed E-state index contributed by atoms with van der Waals surface area (Å²) in [6.07, 6.45) is 6.60. The second-order valence-corrected chi connectivity index (χ2v) is 5.81. The molecule has 19 heavy (non-hydrogen) atoms. The number of nitrogens with one attached hydrogen (secondary N) is 1. The molecule has 0 radical (unpaired) electrons. The van der Waals surface area contributed by atoms with E-state index in [-0.39, 0.29) is 0 Å². The van der Waals surface area contributed by atoms with Crippen LogP contribution in [0.1, 0.15) is 44.6 Å². The molecule has 2 rings (SSSR count). The Balaban J connectivity index is 2.05. The van der Waals surface area contributed by atoms with Gasteiger partial charge in [0.2, 0.25) is 0 Å². The molecule has 1 aliphatic rings. The minimum atomic E-state index is 0.339. The minimum Gasteiger partial charge on any atom is -0.489 e. The number of benzene rings is 1. The van der Waals surface area contributed by atoms with Gasteiger partial charge in [0.1, 0.15) is 11.9 Å². The molecule has 1 saturated carbocycles. The lowest BCUT2D eigenvalue weighted by Crippen LogP contribution is -2.30. The lowest BCUT2D eigenvalue weighted by atomic mass is 9.85. The smallest absolute Gasteiger partial charge is 0.138 e. The summed E-state index contributed by atoms with van der Waals surface area (Å²) in [7, 11) is 1.94. The summed E-state index contributed by atoms with van der Waals surface area (Å²) in [4.78, 5) is 0. The Labute approximate surface area is 121 Å². The van der Waals surface area contributed by atoms with Crippen molar-refractivity contribution in [2.75, 3.05) is 7.05 Å². The fraction of sp³-hybridized carbons (Fsp3) is 0.625. The first-order valence-electron chi connectivity index (χ1n) is 7.34. The van der Waals surface area contributed by atoms with Crippen molar-refractivity contribution in [3.8, 4) is 5.75 Å². The van der Waals surface area contributed by atoms with Crippen molar-refractivity contribution in [3.63, 3.8) is 0 Å². The lowest BCUT2D eigenvalue weighted by molar-refractivity contribution is 0.0904. The van der Waals surface area contributed by atoms with Crippen LogP contribution >= 0.6 is 11.6 Å². The topological polar surface area (TPSA) is 21.3 Å². The Morgan fingerprint density at radius 3 is 2.79 bits per heavy atom. The van der Waals surface area contributed by atoms with Gasteiger partial charge in [0.25, 0.3) is 0 Å². The molecule has 1 aliphatic carbocycles. The zero-order valence-corrected chi connectivity index (χ0v) is 12.7. The van der Waals surface area contributed by atoms with Crippen molar-refractivity contribution in [3.05, 3.63) is 28.8 Å². The zero-order chi connectivity index (χ0) is 13.7. The van der Waals surface area contributed by atoms with Gasteiger partial charge in [-0.15, -0.1) is 0 Å². The van der Waals surface area contributed by atoms with E-state index in [1.54, 1.807) is 0 Å². The molecule has 1 N–H and O–H groups in total. The molecule has 0 amide bonds. The van der Waals surface area contributed by atoms with Crippen LogP contribution in [0.4, 0.5) is 0 Å². The zero-order valence-electron chi connectivity index (χ0n) is 11.9. The molecule has 2 unspecified atom stereocenters. The summed E-state index contributed by atoms with van der Waals surface area (Å²) in [6, 6.07) is 6.09. The van der Waals surface area contributed by atoms with Gasteiger partial charge >= 0.3 is 0 Å². The largest absolute Gasteiger partial charge is 0.489 e. The van der Waals surface area contributed by atoms with E-state index < -0.39 is 0 Å². The van der Waals surface area contributed by atoms with Gasteiger partial charge in [-0.1, -0.05) is 31.0 Å². The Bertz CT molecular complexity index is 408. The highest BCUT2D eigenvalue weighted by molar-refractivity contribution is 6.32. The molecular weight excluding hydrogens is 258 g/mol. The van der Waals surface area contributed by atoms with Gasteiger partial charge in [-0.3, -0.25) is 0 Å². The molecule has 3 heteroatoms. The SMILES string of the molecule is CCC1CCCCC1Oc1ccc(CNC)cc1Cl. The standard InChI is InChI=1S/C16H24ClNO/c1-3-13-6-4-5-7-15(13)19-16-9-8-12(11-18-2)10-14(16)17/h8-10,13,15,18H,3-7,11H2,1-2H3. The monoisotopic (exact) mass is 281 g/mol. The number of rotatable bonds is 5. The van der Waals surface area contributed by atoms with E-state index >= 15 is 0 Å². The second-order valence-electron chi connectivity index (χ2n) is 5.40. The fourth-order valence-electron chi connectivity index (χ4n) is 2.91. The quantitative estimate of drug-likeness (QED) is 0.863. The van der Waals surface area contributed by atoms with E-state index in [4.69, 9.17) is 16.3 Å². The predicted molar refractivity (Wildman–Crippen MR) is 80.9 cm³/mol. The van der Waals surface area contributed by atoms with Crippen LogP contribution in [0.3, 0.4) is 0 Å². The van der Waals surface area contributed by atoms with E-state index in [1.165, 1.54) is 31.2 Å². The molecular formula is C16H24ClNO. The van der Waals surface area contributed by atoms with Crippen molar-refractivity contribution in [1.82, 2.24) is 5.32 Å². The summed E-state index contributed by atoms with van der Waals surface area (Å²) >= 11 is 6.32. The summed E-state index contributed by atoms with van der Waals surface area (Å²) in [5.74, 6) is 1.52. The summed E-state index contributed by atoms with van der Waals surface area (Å²) in [5.41, 5.74) is 1.19. The molecule has 2 atom stereocenters. The number of ether oxygens (including phenoxy) is 1. The molecule has 1 aromatic rings. The summed E-state index contributed by atoms with van der Waals surface area (Å²) in [5, 5.41) is 3.86. The van der Waals surface area contributed by atoms with Gasteiger partial charge < -0.3 is 10.1 Å². The Hall–Kier alpha value is -0.730. The minimum absolute atomic E-state index is 0.339. The molecule has 0 spiro atoms. The first kappa shape index (κ1) is 14.7. The Kier molecular flexibility index (Phi) is 5.53. The van der Waals surface area contributed by atoms with E-state index in [1.807, 2.05) is 19.2 Å². The maximum atomic E-state index is 6.32. The van der Waals surface area contributed by atoms with Crippen LogP contribution in [-0.2, 0) is 6.54 Å². The normalized spacial score (nSPS) is 23.3. The van der Waals surface area contributed by atoms with E-state index in [0.29, 0.717) is 12.0 Å². The van der Waals surface area contributed by atoms with Gasteiger partial charge in [-0.25, -0.2) is 0 Å². The molecule has 1 fully saturated rings. The fourth-order valence-corrected chi connectivity index (χ4v) is 3.16. The van der Waals surface area contributed by atoms with Crippen LogP contribution in [0.25, 0.3) is 0 Å². The van der Waals surface area contributed by atoms with Crippen LogP contribution in [0.5, 0.6) is 5.75 Å². The predicted octanol–water partition coefficient (Wildman–Crippen LogP) is 4.41. The van der Waals surface area contributed by atoms with Crippen LogP contribution in [0.15, 0.2) is 18.2 Å².